The highest BCUT2D eigenvalue weighted by atomic mass is 16.2. The summed E-state index contributed by atoms with van der Waals surface area (Å²) in [5, 5.41) is 3.74. The predicted molar refractivity (Wildman–Crippen MR) is 92.8 cm³/mol. The van der Waals surface area contributed by atoms with Crippen LogP contribution >= 0.6 is 0 Å². The highest BCUT2D eigenvalue weighted by Gasteiger charge is 2.13. The van der Waals surface area contributed by atoms with Crippen LogP contribution < -0.4 is 11.4 Å². The van der Waals surface area contributed by atoms with E-state index in [0.717, 1.165) is 26.7 Å². The van der Waals surface area contributed by atoms with Crippen LogP contribution in [-0.4, -0.2) is 19.3 Å². The molecule has 4 aromatic rings. The zero-order valence-electron chi connectivity index (χ0n) is 13.1. The number of rotatable bonds is 3. The van der Waals surface area contributed by atoms with E-state index in [1.807, 2.05) is 37.3 Å². The zero-order valence-corrected chi connectivity index (χ0v) is 13.1. The Morgan fingerprint density at radius 2 is 1.67 bits per heavy atom. The minimum absolute atomic E-state index is 0.286. The SMILES string of the molecule is Cc1c(Cn2[nH]c(=O)n(-c3ccccc3)c2=O)[nH]c2ccccc12. The molecule has 0 unspecified atom stereocenters. The van der Waals surface area contributed by atoms with Crippen molar-refractivity contribution < 1.29 is 0 Å². The van der Waals surface area contributed by atoms with Gasteiger partial charge in [-0.1, -0.05) is 36.4 Å². The molecule has 2 N–H and O–H groups in total. The van der Waals surface area contributed by atoms with Gasteiger partial charge in [0.2, 0.25) is 0 Å². The third-order valence-corrected chi connectivity index (χ3v) is 4.26. The summed E-state index contributed by atoms with van der Waals surface area (Å²) in [6, 6.07) is 16.9. The number of nitrogens with one attached hydrogen (secondary N) is 2. The molecule has 0 spiro atoms. The monoisotopic (exact) mass is 320 g/mol. The molecule has 0 bridgehead atoms. The molecule has 0 amide bonds. The summed E-state index contributed by atoms with van der Waals surface area (Å²) in [6.45, 7) is 2.29. The molecule has 2 aromatic carbocycles. The van der Waals surface area contributed by atoms with Gasteiger partial charge >= 0.3 is 11.4 Å². The first-order valence-corrected chi connectivity index (χ1v) is 7.68. The molecule has 0 radical (unpaired) electrons. The van der Waals surface area contributed by atoms with Crippen LogP contribution in [0.1, 0.15) is 11.3 Å². The van der Waals surface area contributed by atoms with Gasteiger partial charge in [-0.05, 0) is 30.7 Å². The Labute approximate surface area is 137 Å². The topological polar surface area (TPSA) is 75.6 Å². The van der Waals surface area contributed by atoms with E-state index in [1.54, 1.807) is 24.3 Å². The Balaban J connectivity index is 1.80. The molecule has 2 aromatic heterocycles. The molecule has 0 atom stereocenters. The summed E-state index contributed by atoms with van der Waals surface area (Å²) in [4.78, 5) is 28.1. The maximum absolute atomic E-state index is 12.6. The number of H-pyrrole nitrogens is 2. The second-order valence-electron chi connectivity index (χ2n) is 5.73. The highest BCUT2D eigenvalue weighted by Crippen LogP contribution is 2.21. The van der Waals surface area contributed by atoms with E-state index in [0.29, 0.717) is 5.69 Å². The van der Waals surface area contributed by atoms with E-state index >= 15 is 0 Å². The van der Waals surface area contributed by atoms with Crippen LogP contribution in [0.3, 0.4) is 0 Å². The minimum atomic E-state index is -0.444. The Morgan fingerprint density at radius 3 is 2.42 bits per heavy atom. The fourth-order valence-corrected chi connectivity index (χ4v) is 2.99. The summed E-state index contributed by atoms with van der Waals surface area (Å²) < 4.78 is 2.46. The standard InChI is InChI=1S/C18H16N4O2/c1-12-14-9-5-6-10-15(14)19-16(12)11-21-18(24)22(17(23)20-21)13-7-3-2-4-8-13/h2-10,19H,11H2,1H3,(H,20,23). The van der Waals surface area contributed by atoms with Crippen molar-refractivity contribution in [1.29, 1.82) is 0 Å². The molecular weight excluding hydrogens is 304 g/mol. The van der Waals surface area contributed by atoms with Crippen molar-refractivity contribution in [1.82, 2.24) is 19.3 Å². The van der Waals surface area contributed by atoms with Crippen molar-refractivity contribution in [2.75, 3.05) is 0 Å². The van der Waals surface area contributed by atoms with Gasteiger partial charge in [-0.25, -0.2) is 23.9 Å². The maximum Gasteiger partial charge on any atom is 0.351 e. The molecule has 6 nitrogen and oxygen atoms in total. The number of hydrogen-bond acceptors (Lipinski definition) is 2. The first-order chi connectivity index (χ1) is 11.6. The summed E-state index contributed by atoms with van der Waals surface area (Å²) in [5.74, 6) is 0. The number of benzene rings is 2. The Hall–Kier alpha value is -3.28. The normalized spacial score (nSPS) is 11.2. The van der Waals surface area contributed by atoms with Crippen LogP contribution in [0.25, 0.3) is 16.6 Å². The maximum atomic E-state index is 12.6. The lowest BCUT2D eigenvalue weighted by Gasteiger charge is -2.01. The van der Waals surface area contributed by atoms with E-state index < -0.39 is 5.69 Å². The van der Waals surface area contributed by atoms with Crippen LogP contribution in [0, 0.1) is 6.92 Å². The van der Waals surface area contributed by atoms with Gasteiger partial charge in [0.25, 0.3) is 0 Å². The number of aromatic nitrogens is 4. The van der Waals surface area contributed by atoms with Crippen LogP contribution in [0.5, 0.6) is 0 Å². The van der Waals surface area contributed by atoms with Crippen LogP contribution in [0.2, 0.25) is 0 Å². The lowest BCUT2D eigenvalue weighted by atomic mass is 10.1. The third-order valence-electron chi connectivity index (χ3n) is 4.26. The lowest BCUT2D eigenvalue weighted by molar-refractivity contribution is 0.640. The van der Waals surface area contributed by atoms with Crippen molar-refractivity contribution >= 4 is 10.9 Å². The second-order valence-corrected chi connectivity index (χ2v) is 5.73. The summed E-state index contributed by atoms with van der Waals surface area (Å²) in [5.41, 5.74) is 2.72. The summed E-state index contributed by atoms with van der Waals surface area (Å²) in [7, 11) is 0. The van der Waals surface area contributed by atoms with Crippen LogP contribution in [0.4, 0.5) is 0 Å². The molecule has 0 aliphatic rings. The van der Waals surface area contributed by atoms with Crippen molar-refractivity contribution in [3.8, 4) is 5.69 Å². The van der Waals surface area contributed by atoms with E-state index in [9.17, 15) is 9.59 Å². The smallest absolute Gasteiger partial charge is 0.351 e. The van der Waals surface area contributed by atoms with Crippen molar-refractivity contribution in [3.05, 3.63) is 86.8 Å². The van der Waals surface area contributed by atoms with Crippen molar-refractivity contribution in [2.45, 2.75) is 13.5 Å². The van der Waals surface area contributed by atoms with E-state index in [-0.39, 0.29) is 12.2 Å². The van der Waals surface area contributed by atoms with E-state index in [4.69, 9.17) is 0 Å². The van der Waals surface area contributed by atoms with Gasteiger partial charge in [-0.15, -0.1) is 0 Å². The van der Waals surface area contributed by atoms with Gasteiger partial charge in [0.15, 0.2) is 0 Å². The molecule has 120 valence electrons. The fourth-order valence-electron chi connectivity index (χ4n) is 2.99. The highest BCUT2D eigenvalue weighted by molar-refractivity contribution is 5.84. The van der Waals surface area contributed by atoms with Gasteiger partial charge in [0, 0.05) is 16.6 Å². The van der Waals surface area contributed by atoms with Gasteiger partial charge in [-0.2, -0.15) is 0 Å². The zero-order chi connectivity index (χ0) is 16.7. The van der Waals surface area contributed by atoms with Gasteiger partial charge in [0.1, 0.15) is 0 Å². The molecule has 2 heterocycles. The molecule has 24 heavy (non-hydrogen) atoms. The molecule has 0 aliphatic carbocycles. The second kappa shape index (κ2) is 5.42. The summed E-state index contributed by atoms with van der Waals surface area (Å²) >= 11 is 0. The number of aryl methyl sites for hydroxylation is 1. The van der Waals surface area contributed by atoms with Gasteiger partial charge in [0.05, 0.1) is 12.2 Å². The first kappa shape index (κ1) is 14.3. The van der Waals surface area contributed by atoms with Crippen LogP contribution in [-0.2, 0) is 6.54 Å². The first-order valence-electron chi connectivity index (χ1n) is 7.68. The van der Waals surface area contributed by atoms with Crippen LogP contribution in [0.15, 0.2) is 64.2 Å². The third kappa shape index (κ3) is 2.20. The van der Waals surface area contributed by atoms with Gasteiger partial charge in [-0.3, -0.25) is 0 Å². The summed E-state index contributed by atoms with van der Waals surface area (Å²) in [6.07, 6.45) is 0. The number of hydrogen-bond donors (Lipinski definition) is 2. The molecule has 4 rings (SSSR count). The average Bonchev–Trinajstić information content (AvgIpc) is 3.06. The molecular formula is C18H16N4O2. The van der Waals surface area contributed by atoms with E-state index in [2.05, 4.69) is 10.1 Å². The number of fused-ring (bicyclic) bond motifs is 1. The van der Waals surface area contributed by atoms with E-state index in [1.165, 1.54) is 4.68 Å². The predicted octanol–water partition coefficient (Wildman–Crippen LogP) is 2.17. The Kier molecular flexibility index (Phi) is 3.23. The number of aromatic amines is 2. The Morgan fingerprint density at radius 1 is 0.958 bits per heavy atom. The van der Waals surface area contributed by atoms with Gasteiger partial charge < -0.3 is 4.98 Å². The quantitative estimate of drug-likeness (QED) is 0.607. The molecule has 0 saturated carbocycles. The largest absolute Gasteiger partial charge is 0.357 e. The average molecular weight is 320 g/mol. The molecule has 0 aliphatic heterocycles. The van der Waals surface area contributed by atoms with Crippen molar-refractivity contribution in [3.63, 3.8) is 0 Å². The minimum Gasteiger partial charge on any atom is -0.357 e. The lowest BCUT2D eigenvalue weighted by Crippen LogP contribution is -2.27. The molecule has 0 fully saturated rings. The molecule has 6 heteroatoms. The number of para-hydroxylation sites is 2. The van der Waals surface area contributed by atoms with Crippen molar-refractivity contribution in [2.24, 2.45) is 0 Å². The number of nitrogens with zero attached hydrogens (tertiary/aromatic N) is 2. The Bertz CT molecular complexity index is 1130. The molecule has 0 saturated heterocycles. The fraction of sp³-hybridized carbons (Fsp3) is 0.111.